The second kappa shape index (κ2) is 9.53. The Hall–Kier alpha value is -2.93. The lowest BCUT2D eigenvalue weighted by Crippen LogP contribution is -2.23. The number of para-hydroxylation sites is 1. The molecule has 0 unspecified atom stereocenters. The van der Waals surface area contributed by atoms with Crippen molar-refractivity contribution in [1.82, 2.24) is 5.43 Å². The highest BCUT2D eigenvalue weighted by atomic mass is 32.1. The fraction of sp³-hybridized carbons (Fsp3) is 0.211. The molecule has 2 rings (SSSR count). The van der Waals surface area contributed by atoms with E-state index in [0.29, 0.717) is 22.3 Å². The summed E-state index contributed by atoms with van der Waals surface area (Å²) in [5, 5.41) is 16.2. The van der Waals surface area contributed by atoms with E-state index in [1.807, 2.05) is 18.2 Å². The summed E-state index contributed by atoms with van der Waals surface area (Å²) in [6, 6.07) is 15.0. The minimum Gasteiger partial charge on any atom is -0.481 e. The van der Waals surface area contributed by atoms with Gasteiger partial charge in [0, 0.05) is 11.3 Å². The van der Waals surface area contributed by atoms with Crippen LogP contribution in [0.15, 0.2) is 53.6 Å². The first-order valence-electron chi connectivity index (χ1n) is 8.09. The highest BCUT2D eigenvalue weighted by molar-refractivity contribution is 7.80. The normalized spacial score (nSPS) is 10.7. The highest BCUT2D eigenvalue weighted by Gasteiger charge is 2.04. The molecule has 0 aliphatic carbocycles. The summed E-state index contributed by atoms with van der Waals surface area (Å²) < 4.78 is 5.22. The summed E-state index contributed by atoms with van der Waals surface area (Å²) in [6.07, 6.45) is 1.52. The SMILES string of the molecule is CC(C)c1ccc(NC(=S)N/N=C/c2ccccc2OCC(=O)O)cc1. The number of aliphatic carboxylic acids is 1. The molecule has 0 aromatic heterocycles. The number of anilines is 1. The zero-order valence-electron chi connectivity index (χ0n) is 14.6. The molecule has 0 spiro atoms. The number of carboxylic acid groups (broad SMARTS) is 1. The van der Waals surface area contributed by atoms with Gasteiger partial charge in [-0.3, -0.25) is 5.43 Å². The Morgan fingerprint density at radius 1 is 1.23 bits per heavy atom. The second-order valence-electron chi connectivity index (χ2n) is 5.82. The number of hydrogen-bond donors (Lipinski definition) is 3. The summed E-state index contributed by atoms with van der Waals surface area (Å²) in [7, 11) is 0. The molecule has 136 valence electrons. The summed E-state index contributed by atoms with van der Waals surface area (Å²) in [5.41, 5.74) is 5.49. The number of carbonyl (C=O) groups is 1. The minimum absolute atomic E-state index is 0.350. The highest BCUT2D eigenvalue weighted by Crippen LogP contribution is 2.17. The van der Waals surface area contributed by atoms with Gasteiger partial charge in [0.2, 0.25) is 0 Å². The van der Waals surface area contributed by atoms with Crippen molar-refractivity contribution in [1.29, 1.82) is 0 Å². The molecule has 0 aliphatic heterocycles. The monoisotopic (exact) mass is 371 g/mol. The third kappa shape index (κ3) is 6.18. The molecule has 26 heavy (non-hydrogen) atoms. The van der Waals surface area contributed by atoms with E-state index in [4.69, 9.17) is 22.1 Å². The van der Waals surface area contributed by atoms with E-state index in [1.165, 1.54) is 11.8 Å². The number of nitrogens with zero attached hydrogens (tertiary/aromatic N) is 1. The first-order chi connectivity index (χ1) is 12.5. The molecule has 7 heteroatoms. The van der Waals surface area contributed by atoms with Crippen LogP contribution in [0.3, 0.4) is 0 Å². The van der Waals surface area contributed by atoms with Crippen LogP contribution in [-0.2, 0) is 4.79 Å². The van der Waals surface area contributed by atoms with Crippen LogP contribution in [-0.4, -0.2) is 29.0 Å². The van der Waals surface area contributed by atoms with Gasteiger partial charge in [0.1, 0.15) is 5.75 Å². The number of hydrogen-bond acceptors (Lipinski definition) is 4. The average Bonchev–Trinajstić information content (AvgIpc) is 2.61. The summed E-state index contributed by atoms with van der Waals surface area (Å²) in [4.78, 5) is 10.6. The predicted molar refractivity (Wildman–Crippen MR) is 107 cm³/mol. The van der Waals surface area contributed by atoms with Gasteiger partial charge in [-0.1, -0.05) is 38.1 Å². The van der Waals surface area contributed by atoms with Gasteiger partial charge >= 0.3 is 5.97 Å². The first kappa shape index (κ1) is 19.4. The maximum Gasteiger partial charge on any atom is 0.341 e. The molecule has 0 saturated heterocycles. The quantitative estimate of drug-likeness (QED) is 0.392. The van der Waals surface area contributed by atoms with Crippen LogP contribution >= 0.6 is 12.2 Å². The van der Waals surface area contributed by atoms with Crippen LogP contribution in [0.1, 0.15) is 30.9 Å². The van der Waals surface area contributed by atoms with Gasteiger partial charge in [-0.2, -0.15) is 5.10 Å². The number of ether oxygens (including phenoxy) is 1. The zero-order chi connectivity index (χ0) is 18.9. The lowest BCUT2D eigenvalue weighted by Gasteiger charge is -2.10. The molecular formula is C19H21N3O3S. The van der Waals surface area contributed by atoms with Crippen LogP contribution in [0.25, 0.3) is 0 Å². The van der Waals surface area contributed by atoms with E-state index >= 15 is 0 Å². The Balaban J connectivity index is 1.91. The van der Waals surface area contributed by atoms with Crippen molar-refractivity contribution in [2.75, 3.05) is 11.9 Å². The Morgan fingerprint density at radius 3 is 2.58 bits per heavy atom. The molecule has 2 aromatic carbocycles. The maximum absolute atomic E-state index is 10.6. The smallest absolute Gasteiger partial charge is 0.341 e. The van der Waals surface area contributed by atoms with Gasteiger partial charge in [0.05, 0.1) is 6.21 Å². The summed E-state index contributed by atoms with van der Waals surface area (Å²) >= 11 is 5.21. The molecule has 0 fully saturated rings. The standard InChI is InChI=1S/C19H21N3O3S/c1-13(2)14-7-9-16(10-8-14)21-19(26)22-20-11-15-5-3-4-6-17(15)25-12-18(23)24/h3-11,13H,12H2,1-2H3,(H,23,24)(H2,21,22,26)/b20-11+. The average molecular weight is 371 g/mol. The molecular weight excluding hydrogens is 350 g/mol. The van der Waals surface area contributed by atoms with E-state index in [9.17, 15) is 4.79 Å². The lowest BCUT2D eigenvalue weighted by molar-refractivity contribution is -0.139. The van der Waals surface area contributed by atoms with Crippen molar-refractivity contribution in [3.63, 3.8) is 0 Å². The van der Waals surface area contributed by atoms with Crippen molar-refractivity contribution in [3.8, 4) is 5.75 Å². The van der Waals surface area contributed by atoms with Crippen LogP contribution in [0, 0.1) is 0 Å². The Bertz CT molecular complexity index is 789. The Kier molecular flexibility index (Phi) is 7.11. The molecule has 0 aliphatic rings. The van der Waals surface area contributed by atoms with Gasteiger partial charge in [0.25, 0.3) is 0 Å². The van der Waals surface area contributed by atoms with Crippen molar-refractivity contribution >= 4 is 35.2 Å². The third-order valence-corrected chi connectivity index (χ3v) is 3.67. The molecule has 2 aromatic rings. The molecule has 0 atom stereocenters. The molecule has 0 amide bonds. The van der Waals surface area contributed by atoms with Crippen LogP contribution < -0.4 is 15.5 Å². The fourth-order valence-electron chi connectivity index (χ4n) is 2.13. The fourth-order valence-corrected chi connectivity index (χ4v) is 2.30. The van der Waals surface area contributed by atoms with E-state index in [0.717, 1.165) is 5.69 Å². The number of nitrogens with one attached hydrogen (secondary N) is 2. The van der Waals surface area contributed by atoms with Crippen molar-refractivity contribution < 1.29 is 14.6 Å². The number of benzene rings is 2. The Labute approximate surface area is 157 Å². The van der Waals surface area contributed by atoms with Gasteiger partial charge < -0.3 is 15.2 Å². The summed E-state index contributed by atoms with van der Waals surface area (Å²) in [5.74, 6) is -0.130. The van der Waals surface area contributed by atoms with E-state index in [-0.39, 0.29) is 0 Å². The number of thiocarbonyl (C=S) groups is 1. The third-order valence-electron chi connectivity index (χ3n) is 3.48. The molecule has 0 radical (unpaired) electrons. The maximum atomic E-state index is 10.6. The van der Waals surface area contributed by atoms with Gasteiger partial charge in [-0.25, -0.2) is 4.79 Å². The van der Waals surface area contributed by atoms with Crippen LogP contribution in [0.5, 0.6) is 5.75 Å². The molecule has 0 bridgehead atoms. The molecule has 6 nitrogen and oxygen atoms in total. The van der Waals surface area contributed by atoms with Crippen LogP contribution in [0.2, 0.25) is 0 Å². The van der Waals surface area contributed by atoms with Crippen molar-refractivity contribution in [3.05, 3.63) is 59.7 Å². The Morgan fingerprint density at radius 2 is 1.92 bits per heavy atom. The van der Waals surface area contributed by atoms with E-state index in [1.54, 1.807) is 18.2 Å². The van der Waals surface area contributed by atoms with Crippen molar-refractivity contribution in [2.45, 2.75) is 19.8 Å². The number of carboxylic acids is 1. The van der Waals surface area contributed by atoms with Crippen LogP contribution in [0.4, 0.5) is 5.69 Å². The zero-order valence-corrected chi connectivity index (χ0v) is 15.4. The number of hydrazone groups is 1. The van der Waals surface area contributed by atoms with Gasteiger partial charge in [-0.05, 0) is 48.0 Å². The second-order valence-corrected chi connectivity index (χ2v) is 6.23. The van der Waals surface area contributed by atoms with Crippen molar-refractivity contribution in [2.24, 2.45) is 5.10 Å². The molecule has 0 heterocycles. The molecule has 0 saturated carbocycles. The topological polar surface area (TPSA) is 83.0 Å². The predicted octanol–water partition coefficient (Wildman–Crippen LogP) is 3.59. The first-order valence-corrected chi connectivity index (χ1v) is 8.50. The van der Waals surface area contributed by atoms with E-state index < -0.39 is 12.6 Å². The minimum atomic E-state index is -1.04. The summed E-state index contributed by atoms with van der Waals surface area (Å²) in [6.45, 7) is 3.87. The van der Waals surface area contributed by atoms with Gasteiger partial charge in [0.15, 0.2) is 11.7 Å². The molecule has 3 N–H and O–H groups in total. The van der Waals surface area contributed by atoms with Gasteiger partial charge in [-0.15, -0.1) is 0 Å². The lowest BCUT2D eigenvalue weighted by atomic mass is 10.0. The van der Waals surface area contributed by atoms with E-state index in [2.05, 4.69) is 41.8 Å². The number of rotatable bonds is 7. The largest absolute Gasteiger partial charge is 0.481 e.